The van der Waals surface area contributed by atoms with Crippen molar-refractivity contribution in [3.05, 3.63) is 41.0 Å². The van der Waals surface area contributed by atoms with Crippen molar-refractivity contribution in [2.24, 2.45) is 5.73 Å². The number of ether oxygens (including phenoxy) is 1. The molecule has 0 amide bonds. The fourth-order valence-electron chi connectivity index (χ4n) is 1.75. The highest BCUT2D eigenvalue weighted by Crippen LogP contribution is 2.22. The number of benzene rings is 1. The molecule has 0 fully saturated rings. The normalized spacial score (nSPS) is 12.4. The molecule has 1 aromatic heterocycles. The van der Waals surface area contributed by atoms with Gasteiger partial charge in [0.15, 0.2) is 12.4 Å². The van der Waals surface area contributed by atoms with Crippen LogP contribution in [0.25, 0.3) is 0 Å². The number of hydrogen-bond acceptors (Lipinski definition) is 5. The summed E-state index contributed by atoms with van der Waals surface area (Å²) in [5.74, 6) is 2.00. The molecule has 5 heteroatoms. The second-order valence-corrected chi connectivity index (χ2v) is 4.56. The summed E-state index contributed by atoms with van der Waals surface area (Å²) in [6.45, 7) is 6.21. The summed E-state index contributed by atoms with van der Waals surface area (Å²) in [6.07, 6.45) is 0.756. The third-order valence-corrected chi connectivity index (χ3v) is 2.90. The largest absolute Gasteiger partial charge is 0.483 e. The maximum absolute atomic E-state index is 5.84. The second kappa shape index (κ2) is 5.84. The van der Waals surface area contributed by atoms with Crippen LogP contribution in [-0.2, 0) is 13.0 Å². The molecule has 0 aliphatic heterocycles. The van der Waals surface area contributed by atoms with Crippen LogP contribution in [0.2, 0.25) is 0 Å². The van der Waals surface area contributed by atoms with Gasteiger partial charge in [-0.15, -0.1) is 0 Å². The van der Waals surface area contributed by atoms with Crippen molar-refractivity contribution < 1.29 is 9.26 Å². The molecule has 2 aromatic rings. The molecule has 0 aliphatic rings. The van der Waals surface area contributed by atoms with Crippen molar-refractivity contribution in [3.63, 3.8) is 0 Å². The van der Waals surface area contributed by atoms with Gasteiger partial charge in [-0.3, -0.25) is 0 Å². The van der Waals surface area contributed by atoms with Crippen molar-refractivity contribution in [1.82, 2.24) is 10.1 Å². The lowest BCUT2D eigenvalue weighted by Crippen LogP contribution is -2.05. The first-order chi connectivity index (χ1) is 9.10. The Bertz CT molecular complexity index is 549. The Morgan fingerprint density at radius 1 is 1.42 bits per heavy atom. The Labute approximate surface area is 112 Å². The lowest BCUT2D eigenvalue weighted by molar-refractivity contribution is 0.241. The summed E-state index contributed by atoms with van der Waals surface area (Å²) in [5, 5.41) is 3.82. The molecule has 0 bridgehead atoms. The van der Waals surface area contributed by atoms with E-state index in [4.69, 9.17) is 15.0 Å². The molecule has 0 aliphatic carbocycles. The van der Waals surface area contributed by atoms with E-state index >= 15 is 0 Å². The van der Waals surface area contributed by atoms with Crippen LogP contribution in [0.15, 0.2) is 22.7 Å². The van der Waals surface area contributed by atoms with Crippen molar-refractivity contribution in [1.29, 1.82) is 0 Å². The minimum atomic E-state index is 0.0239. The molecular formula is C14H19N3O2. The number of nitrogens with zero attached hydrogens (tertiary/aromatic N) is 2. The number of aromatic nitrogens is 2. The predicted octanol–water partition coefficient (Wildman–Crippen LogP) is 2.54. The van der Waals surface area contributed by atoms with E-state index in [-0.39, 0.29) is 12.6 Å². The minimum Gasteiger partial charge on any atom is -0.483 e. The monoisotopic (exact) mass is 261 g/mol. The van der Waals surface area contributed by atoms with Gasteiger partial charge in [0.2, 0.25) is 0 Å². The van der Waals surface area contributed by atoms with Crippen LogP contribution in [0.3, 0.4) is 0 Å². The fourth-order valence-corrected chi connectivity index (χ4v) is 1.75. The lowest BCUT2D eigenvalue weighted by atomic mass is 10.1. The highest BCUT2D eigenvalue weighted by atomic mass is 16.5. The zero-order valence-electron chi connectivity index (χ0n) is 11.5. The van der Waals surface area contributed by atoms with Crippen LogP contribution in [0.1, 0.15) is 42.7 Å². The maximum Gasteiger partial charge on any atom is 0.264 e. The first-order valence-corrected chi connectivity index (χ1v) is 6.40. The van der Waals surface area contributed by atoms with E-state index in [1.54, 1.807) is 0 Å². The van der Waals surface area contributed by atoms with Gasteiger partial charge in [-0.25, -0.2) is 0 Å². The molecule has 0 spiro atoms. The van der Waals surface area contributed by atoms with Gasteiger partial charge in [0.25, 0.3) is 5.89 Å². The second-order valence-electron chi connectivity index (χ2n) is 4.56. The summed E-state index contributed by atoms with van der Waals surface area (Å²) in [5.41, 5.74) is 7.98. The van der Waals surface area contributed by atoms with Gasteiger partial charge in [0, 0.05) is 12.5 Å². The lowest BCUT2D eigenvalue weighted by Gasteiger charge is -2.11. The molecule has 0 saturated heterocycles. The topological polar surface area (TPSA) is 74.2 Å². The summed E-state index contributed by atoms with van der Waals surface area (Å²) >= 11 is 0. The number of aryl methyl sites for hydroxylation is 2. The van der Waals surface area contributed by atoms with Gasteiger partial charge in [0.05, 0.1) is 0 Å². The van der Waals surface area contributed by atoms with E-state index < -0.39 is 0 Å². The first kappa shape index (κ1) is 13.5. The van der Waals surface area contributed by atoms with Crippen molar-refractivity contribution in [2.75, 3.05) is 0 Å². The van der Waals surface area contributed by atoms with E-state index in [1.165, 1.54) is 0 Å². The van der Waals surface area contributed by atoms with Crippen LogP contribution in [0.5, 0.6) is 5.75 Å². The van der Waals surface area contributed by atoms with E-state index in [9.17, 15) is 0 Å². The third kappa shape index (κ3) is 3.32. The summed E-state index contributed by atoms with van der Waals surface area (Å²) in [7, 11) is 0. The molecule has 2 N–H and O–H groups in total. The third-order valence-electron chi connectivity index (χ3n) is 2.90. The average molecular weight is 261 g/mol. The minimum absolute atomic E-state index is 0.0239. The molecular weight excluding hydrogens is 242 g/mol. The van der Waals surface area contributed by atoms with Crippen LogP contribution in [0.4, 0.5) is 0 Å². The highest BCUT2D eigenvalue weighted by Gasteiger charge is 2.08. The quantitative estimate of drug-likeness (QED) is 0.895. The molecule has 102 valence electrons. The van der Waals surface area contributed by atoms with Crippen LogP contribution in [-0.4, -0.2) is 10.1 Å². The Morgan fingerprint density at radius 2 is 2.21 bits per heavy atom. The summed E-state index contributed by atoms with van der Waals surface area (Å²) in [6, 6.07) is 5.95. The fraction of sp³-hybridized carbons (Fsp3) is 0.429. The molecule has 0 radical (unpaired) electrons. The molecule has 19 heavy (non-hydrogen) atoms. The molecule has 2 rings (SSSR count). The zero-order valence-corrected chi connectivity index (χ0v) is 11.5. The smallest absolute Gasteiger partial charge is 0.264 e. The molecule has 0 saturated carbocycles. The van der Waals surface area contributed by atoms with Crippen molar-refractivity contribution in [3.8, 4) is 5.75 Å². The van der Waals surface area contributed by atoms with E-state index in [0.29, 0.717) is 11.7 Å². The number of rotatable bonds is 5. The van der Waals surface area contributed by atoms with Gasteiger partial charge in [0.1, 0.15) is 5.75 Å². The predicted molar refractivity (Wildman–Crippen MR) is 71.8 cm³/mol. The Hall–Kier alpha value is -1.88. The maximum atomic E-state index is 5.84. The molecule has 1 atom stereocenters. The van der Waals surface area contributed by atoms with Gasteiger partial charge >= 0.3 is 0 Å². The zero-order chi connectivity index (χ0) is 13.8. The molecule has 1 heterocycles. The van der Waals surface area contributed by atoms with Gasteiger partial charge in [-0.2, -0.15) is 4.98 Å². The average Bonchev–Trinajstić information content (AvgIpc) is 2.85. The number of hydrogen-bond donors (Lipinski definition) is 1. The molecule has 1 aromatic carbocycles. The van der Waals surface area contributed by atoms with Crippen LogP contribution in [0, 0.1) is 6.92 Å². The van der Waals surface area contributed by atoms with Crippen molar-refractivity contribution >= 4 is 0 Å². The summed E-state index contributed by atoms with van der Waals surface area (Å²) in [4.78, 5) is 4.20. The standard InChI is InChI=1S/C14H19N3O2/c1-4-13-16-14(19-17-13)8-18-12-6-5-11(10(3)15)7-9(12)2/h5-7,10H,4,8,15H2,1-3H3. The summed E-state index contributed by atoms with van der Waals surface area (Å²) < 4.78 is 10.8. The van der Waals surface area contributed by atoms with Gasteiger partial charge in [-0.05, 0) is 31.0 Å². The van der Waals surface area contributed by atoms with E-state index in [2.05, 4.69) is 10.1 Å². The van der Waals surface area contributed by atoms with Crippen LogP contribution < -0.4 is 10.5 Å². The first-order valence-electron chi connectivity index (χ1n) is 6.40. The van der Waals surface area contributed by atoms with Crippen LogP contribution >= 0.6 is 0 Å². The SMILES string of the molecule is CCc1noc(COc2ccc(C(C)N)cc2C)n1. The van der Waals surface area contributed by atoms with Gasteiger partial charge < -0.3 is 15.0 Å². The van der Waals surface area contributed by atoms with Gasteiger partial charge in [-0.1, -0.05) is 24.2 Å². The molecule has 5 nitrogen and oxygen atoms in total. The molecule has 1 unspecified atom stereocenters. The Balaban J connectivity index is 2.03. The highest BCUT2D eigenvalue weighted by molar-refractivity contribution is 5.37. The van der Waals surface area contributed by atoms with E-state index in [1.807, 2.05) is 39.0 Å². The van der Waals surface area contributed by atoms with E-state index in [0.717, 1.165) is 23.3 Å². The number of nitrogens with two attached hydrogens (primary N) is 1. The van der Waals surface area contributed by atoms with Crippen molar-refractivity contribution in [2.45, 2.75) is 39.8 Å². The Kier molecular flexibility index (Phi) is 4.16. The Morgan fingerprint density at radius 3 is 2.79 bits per heavy atom.